The Bertz CT molecular complexity index is 376. The number of carboxylic acid groups (broad SMARTS) is 1. The Balaban J connectivity index is 2.48. The summed E-state index contributed by atoms with van der Waals surface area (Å²) in [5.74, 6) is -0.286. The van der Waals surface area contributed by atoms with E-state index in [0.29, 0.717) is 24.3 Å². The van der Waals surface area contributed by atoms with Crippen LogP contribution in [0.25, 0.3) is 0 Å². The van der Waals surface area contributed by atoms with E-state index in [1.807, 2.05) is 0 Å². The van der Waals surface area contributed by atoms with E-state index in [-0.39, 0.29) is 11.6 Å². The molecule has 2 rings (SSSR count). The molecule has 4 heteroatoms. The molecule has 4 nitrogen and oxygen atoms in total. The van der Waals surface area contributed by atoms with Crippen LogP contribution in [0.2, 0.25) is 0 Å². The Morgan fingerprint density at radius 1 is 1.57 bits per heavy atom. The second-order valence-electron chi connectivity index (χ2n) is 3.36. The summed E-state index contributed by atoms with van der Waals surface area (Å²) >= 11 is 0. The molecule has 0 saturated heterocycles. The molecule has 0 bridgehead atoms. The number of hydrogen-bond donors (Lipinski definition) is 2. The van der Waals surface area contributed by atoms with Gasteiger partial charge in [-0.1, -0.05) is 6.07 Å². The molecule has 1 aliphatic heterocycles. The number of hydrogen-bond acceptors (Lipinski definition) is 3. The zero-order chi connectivity index (χ0) is 10.1. The van der Waals surface area contributed by atoms with Crippen LogP contribution in [0.3, 0.4) is 0 Å². The monoisotopic (exact) mass is 193 g/mol. The Hall–Kier alpha value is -1.55. The van der Waals surface area contributed by atoms with Crippen LogP contribution < -0.4 is 10.5 Å². The van der Waals surface area contributed by atoms with Crippen LogP contribution in [0, 0.1) is 0 Å². The van der Waals surface area contributed by atoms with Crippen LogP contribution in [-0.2, 0) is 6.42 Å². The van der Waals surface area contributed by atoms with Crippen molar-refractivity contribution in [3.05, 3.63) is 29.3 Å². The van der Waals surface area contributed by atoms with E-state index in [9.17, 15) is 4.79 Å². The normalized spacial score (nSPS) is 19.6. The minimum Gasteiger partial charge on any atom is -0.492 e. The average Bonchev–Trinajstić information content (AvgIpc) is 2.16. The van der Waals surface area contributed by atoms with Crippen molar-refractivity contribution in [1.29, 1.82) is 0 Å². The predicted molar refractivity (Wildman–Crippen MR) is 50.6 cm³/mol. The average molecular weight is 193 g/mol. The molecule has 1 unspecified atom stereocenters. The molecular formula is C10H11NO3. The smallest absolute Gasteiger partial charge is 0.336 e. The van der Waals surface area contributed by atoms with Gasteiger partial charge in [0.15, 0.2) is 0 Å². The van der Waals surface area contributed by atoms with E-state index in [1.165, 1.54) is 0 Å². The molecule has 1 heterocycles. The number of aromatic carboxylic acids is 1. The maximum absolute atomic E-state index is 10.9. The number of ether oxygens (including phenoxy) is 1. The first-order valence-corrected chi connectivity index (χ1v) is 4.42. The number of carboxylic acids is 1. The zero-order valence-electron chi connectivity index (χ0n) is 7.56. The van der Waals surface area contributed by atoms with Crippen molar-refractivity contribution < 1.29 is 14.6 Å². The van der Waals surface area contributed by atoms with Gasteiger partial charge in [-0.15, -0.1) is 0 Å². The summed E-state index contributed by atoms with van der Waals surface area (Å²) in [6.07, 6.45) is 0.567. The fourth-order valence-corrected chi connectivity index (χ4v) is 1.63. The predicted octanol–water partition coefficient (Wildman–Crippen LogP) is 0.647. The molecule has 0 spiro atoms. The number of rotatable bonds is 1. The largest absolute Gasteiger partial charge is 0.492 e. The number of carbonyl (C=O) groups is 1. The van der Waals surface area contributed by atoms with Crippen molar-refractivity contribution in [2.24, 2.45) is 5.73 Å². The van der Waals surface area contributed by atoms with E-state index in [2.05, 4.69) is 0 Å². The molecule has 1 aliphatic rings. The topological polar surface area (TPSA) is 72.5 Å². The third-order valence-electron chi connectivity index (χ3n) is 2.28. The molecule has 0 radical (unpaired) electrons. The van der Waals surface area contributed by atoms with Crippen molar-refractivity contribution in [1.82, 2.24) is 0 Å². The molecule has 14 heavy (non-hydrogen) atoms. The van der Waals surface area contributed by atoms with E-state index in [0.717, 1.165) is 0 Å². The lowest BCUT2D eigenvalue weighted by Gasteiger charge is -2.23. The molecule has 0 aromatic heterocycles. The molecule has 0 aliphatic carbocycles. The van der Waals surface area contributed by atoms with Gasteiger partial charge in [0, 0.05) is 11.6 Å². The highest BCUT2D eigenvalue weighted by molar-refractivity contribution is 5.90. The van der Waals surface area contributed by atoms with E-state index >= 15 is 0 Å². The summed E-state index contributed by atoms with van der Waals surface area (Å²) in [5.41, 5.74) is 6.70. The third kappa shape index (κ3) is 1.44. The van der Waals surface area contributed by atoms with Crippen LogP contribution in [0.5, 0.6) is 5.75 Å². The Morgan fingerprint density at radius 3 is 3.07 bits per heavy atom. The van der Waals surface area contributed by atoms with E-state index < -0.39 is 5.97 Å². The van der Waals surface area contributed by atoms with Gasteiger partial charge in [0.25, 0.3) is 0 Å². The van der Waals surface area contributed by atoms with Gasteiger partial charge >= 0.3 is 5.97 Å². The van der Waals surface area contributed by atoms with Gasteiger partial charge in [0.1, 0.15) is 12.4 Å². The summed E-state index contributed by atoms with van der Waals surface area (Å²) in [6, 6.07) is 4.91. The first-order chi connectivity index (χ1) is 6.68. The van der Waals surface area contributed by atoms with E-state index in [4.69, 9.17) is 15.6 Å². The molecule has 0 fully saturated rings. The first-order valence-electron chi connectivity index (χ1n) is 4.42. The van der Waals surface area contributed by atoms with Crippen molar-refractivity contribution in [3.63, 3.8) is 0 Å². The van der Waals surface area contributed by atoms with E-state index in [1.54, 1.807) is 18.2 Å². The van der Waals surface area contributed by atoms with Crippen molar-refractivity contribution in [3.8, 4) is 5.75 Å². The van der Waals surface area contributed by atoms with Crippen LogP contribution >= 0.6 is 0 Å². The highest BCUT2D eigenvalue weighted by Gasteiger charge is 2.21. The summed E-state index contributed by atoms with van der Waals surface area (Å²) in [5, 5.41) is 8.93. The second-order valence-corrected chi connectivity index (χ2v) is 3.36. The maximum atomic E-state index is 10.9. The number of nitrogens with two attached hydrogens (primary N) is 1. The molecule has 1 aromatic rings. The Kier molecular flexibility index (Phi) is 2.13. The highest BCUT2D eigenvalue weighted by atomic mass is 16.5. The molecule has 1 aromatic carbocycles. The van der Waals surface area contributed by atoms with Gasteiger partial charge in [-0.3, -0.25) is 0 Å². The molecule has 0 saturated carbocycles. The molecule has 0 amide bonds. The van der Waals surface area contributed by atoms with Crippen molar-refractivity contribution in [2.75, 3.05) is 6.61 Å². The van der Waals surface area contributed by atoms with Crippen LogP contribution in [-0.4, -0.2) is 23.7 Å². The zero-order valence-corrected chi connectivity index (χ0v) is 7.56. The fraction of sp³-hybridized carbons (Fsp3) is 0.300. The van der Waals surface area contributed by atoms with Crippen molar-refractivity contribution >= 4 is 5.97 Å². The van der Waals surface area contributed by atoms with Gasteiger partial charge < -0.3 is 15.6 Å². The van der Waals surface area contributed by atoms with Gasteiger partial charge in [-0.25, -0.2) is 4.79 Å². The highest BCUT2D eigenvalue weighted by Crippen LogP contribution is 2.27. The summed E-state index contributed by atoms with van der Waals surface area (Å²) in [7, 11) is 0. The minimum absolute atomic E-state index is 0.108. The summed E-state index contributed by atoms with van der Waals surface area (Å²) < 4.78 is 5.34. The SMILES string of the molecule is NC1COc2cccc(C(=O)O)c2C1. The molecule has 1 atom stereocenters. The van der Waals surface area contributed by atoms with Crippen LogP contribution in [0.1, 0.15) is 15.9 Å². The summed E-state index contributed by atoms with van der Waals surface area (Å²) in [4.78, 5) is 10.9. The standard InChI is InChI=1S/C10H11NO3/c11-6-4-8-7(10(12)13)2-1-3-9(8)14-5-6/h1-3,6H,4-5,11H2,(H,12,13). The van der Waals surface area contributed by atoms with Crippen LogP contribution in [0.4, 0.5) is 0 Å². The lowest BCUT2D eigenvalue weighted by atomic mass is 9.98. The second kappa shape index (κ2) is 3.31. The Morgan fingerprint density at radius 2 is 2.36 bits per heavy atom. The van der Waals surface area contributed by atoms with Gasteiger partial charge in [-0.2, -0.15) is 0 Å². The molecule has 3 N–H and O–H groups in total. The summed E-state index contributed by atoms with van der Waals surface area (Å²) in [6.45, 7) is 0.454. The quantitative estimate of drug-likeness (QED) is 0.686. The third-order valence-corrected chi connectivity index (χ3v) is 2.28. The van der Waals surface area contributed by atoms with Crippen LogP contribution in [0.15, 0.2) is 18.2 Å². The molecular weight excluding hydrogens is 182 g/mol. The van der Waals surface area contributed by atoms with Gasteiger partial charge in [0.05, 0.1) is 5.56 Å². The maximum Gasteiger partial charge on any atom is 0.336 e. The number of benzene rings is 1. The van der Waals surface area contributed by atoms with Gasteiger partial charge in [0.2, 0.25) is 0 Å². The first kappa shape index (κ1) is 9.02. The molecule has 74 valence electrons. The number of fused-ring (bicyclic) bond motifs is 1. The van der Waals surface area contributed by atoms with Gasteiger partial charge in [-0.05, 0) is 18.6 Å². The lowest BCUT2D eigenvalue weighted by molar-refractivity contribution is 0.0694. The fourth-order valence-electron chi connectivity index (χ4n) is 1.63. The minimum atomic E-state index is -0.931. The Labute approximate surface area is 81.3 Å². The lowest BCUT2D eigenvalue weighted by Crippen LogP contribution is -2.34. The van der Waals surface area contributed by atoms with Crippen molar-refractivity contribution in [2.45, 2.75) is 12.5 Å².